The number of aromatic nitrogens is 3. The summed E-state index contributed by atoms with van der Waals surface area (Å²) in [5, 5.41) is 6.74. The van der Waals surface area contributed by atoms with E-state index in [-0.39, 0.29) is 0 Å². The van der Waals surface area contributed by atoms with Gasteiger partial charge in [0.2, 0.25) is 0 Å². The summed E-state index contributed by atoms with van der Waals surface area (Å²) in [4.78, 5) is 4.40. The fourth-order valence-corrected chi connectivity index (χ4v) is 2.67. The van der Waals surface area contributed by atoms with Gasteiger partial charge in [-0.1, -0.05) is 18.2 Å². The maximum absolute atomic E-state index is 5.88. The maximum Gasteiger partial charge on any atom is 0.0706 e. The molecule has 4 heteroatoms. The average Bonchev–Trinajstić information content (AvgIpc) is 2.90. The summed E-state index contributed by atoms with van der Waals surface area (Å²) in [5.74, 6) is 0. The summed E-state index contributed by atoms with van der Waals surface area (Å²) in [6, 6.07) is 16.1. The molecule has 0 aliphatic heterocycles. The topological polar surface area (TPSA) is 56.7 Å². The zero-order valence-corrected chi connectivity index (χ0v) is 11.4. The van der Waals surface area contributed by atoms with Gasteiger partial charge in [0.05, 0.1) is 23.8 Å². The molecule has 0 bridgehead atoms. The molecular formula is C17H14N4. The molecule has 102 valence electrons. The molecule has 0 fully saturated rings. The standard InChI is InChI=1S/C17H14N4/c18-14-6-5-12-10-20-21(17(12)9-14)11-13-7-8-19-16-4-2-1-3-15(13)16/h1-10H,11,18H2. The maximum atomic E-state index is 5.88. The van der Waals surface area contributed by atoms with Crippen LogP contribution in [0, 0.1) is 0 Å². The van der Waals surface area contributed by atoms with Gasteiger partial charge in [0.25, 0.3) is 0 Å². The summed E-state index contributed by atoms with van der Waals surface area (Å²) in [6.45, 7) is 0.704. The lowest BCUT2D eigenvalue weighted by atomic mass is 10.1. The smallest absolute Gasteiger partial charge is 0.0706 e. The van der Waals surface area contributed by atoms with Crippen LogP contribution in [0.25, 0.3) is 21.8 Å². The van der Waals surface area contributed by atoms with Gasteiger partial charge < -0.3 is 5.73 Å². The Kier molecular flexibility index (Phi) is 2.60. The average molecular weight is 274 g/mol. The van der Waals surface area contributed by atoms with Crippen LogP contribution in [0.1, 0.15) is 5.56 Å². The quantitative estimate of drug-likeness (QED) is 0.571. The van der Waals surface area contributed by atoms with Gasteiger partial charge in [-0.3, -0.25) is 9.67 Å². The van der Waals surface area contributed by atoms with Gasteiger partial charge >= 0.3 is 0 Å². The van der Waals surface area contributed by atoms with Crippen LogP contribution in [-0.4, -0.2) is 14.8 Å². The predicted octanol–water partition coefficient (Wildman–Crippen LogP) is 3.22. The number of nitrogen functional groups attached to an aromatic ring is 1. The van der Waals surface area contributed by atoms with Crippen molar-refractivity contribution in [3.05, 3.63) is 66.5 Å². The fourth-order valence-electron chi connectivity index (χ4n) is 2.67. The van der Waals surface area contributed by atoms with E-state index in [9.17, 15) is 0 Å². The minimum Gasteiger partial charge on any atom is -0.399 e. The van der Waals surface area contributed by atoms with Crippen molar-refractivity contribution in [3.63, 3.8) is 0 Å². The molecule has 0 saturated heterocycles. The number of hydrogen-bond donors (Lipinski definition) is 1. The first-order valence-electron chi connectivity index (χ1n) is 6.85. The molecule has 4 aromatic rings. The van der Waals surface area contributed by atoms with E-state index in [1.807, 2.05) is 59.5 Å². The van der Waals surface area contributed by atoms with Crippen molar-refractivity contribution in [2.24, 2.45) is 0 Å². The molecule has 2 aromatic carbocycles. The van der Waals surface area contributed by atoms with Gasteiger partial charge in [-0.25, -0.2) is 0 Å². The Morgan fingerprint density at radius 1 is 1.05 bits per heavy atom. The monoisotopic (exact) mass is 274 g/mol. The Morgan fingerprint density at radius 3 is 2.90 bits per heavy atom. The van der Waals surface area contributed by atoms with Crippen molar-refractivity contribution >= 4 is 27.5 Å². The Labute approximate surface area is 121 Å². The summed E-state index contributed by atoms with van der Waals surface area (Å²) >= 11 is 0. The van der Waals surface area contributed by atoms with Crippen molar-refractivity contribution in [3.8, 4) is 0 Å². The number of nitrogens with two attached hydrogens (primary N) is 1. The minimum atomic E-state index is 0.704. The number of hydrogen-bond acceptors (Lipinski definition) is 3. The van der Waals surface area contributed by atoms with Crippen molar-refractivity contribution in [1.29, 1.82) is 0 Å². The van der Waals surface area contributed by atoms with E-state index in [0.717, 1.165) is 27.5 Å². The predicted molar refractivity (Wildman–Crippen MR) is 85.0 cm³/mol. The molecule has 21 heavy (non-hydrogen) atoms. The van der Waals surface area contributed by atoms with Crippen LogP contribution >= 0.6 is 0 Å². The van der Waals surface area contributed by atoms with Crippen LogP contribution in [0.2, 0.25) is 0 Å². The number of benzene rings is 2. The van der Waals surface area contributed by atoms with E-state index in [0.29, 0.717) is 6.54 Å². The normalized spacial score (nSPS) is 11.2. The molecule has 2 heterocycles. The van der Waals surface area contributed by atoms with Crippen molar-refractivity contribution < 1.29 is 0 Å². The van der Waals surface area contributed by atoms with Crippen LogP contribution in [0.15, 0.2) is 60.9 Å². The zero-order valence-electron chi connectivity index (χ0n) is 11.4. The van der Waals surface area contributed by atoms with E-state index in [1.54, 1.807) is 0 Å². The SMILES string of the molecule is Nc1ccc2cnn(Cc3ccnc4ccccc34)c2c1. The summed E-state index contributed by atoms with van der Waals surface area (Å²) < 4.78 is 1.98. The van der Waals surface area contributed by atoms with Crippen LogP contribution < -0.4 is 5.73 Å². The van der Waals surface area contributed by atoms with Crippen molar-refractivity contribution in [2.75, 3.05) is 5.73 Å². The molecule has 4 rings (SSSR count). The molecule has 0 radical (unpaired) electrons. The van der Waals surface area contributed by atoms with Gasteiger partial charge in [-0.2, -0.15) is 5.10 Å². The van der Waals surface area contributed by atoms with Gasteiger partial charge in [-0.05, 0) is 35.9 Å². The van der Waals surface area contributed by atoms with Crippen molar-refractivity contribution in [1.82, 2.24) is 14.8 Å². The van der Waals surface area contributed by atoms with Gasteiger partial charge in [-0.15, -0.1) is 0 Å². The molecule has 4 nitrogen and oxygen atoms in total. The Bertz CT molecular complexity index is 934. The van der Waals surface area contributed by atoms with Gasteiger partial charge in [0.15, 0.2) is 0 Å². The highest BCUT2D eigenvalue weighted by Crippen LogP contribution is 2.21. The Morgan fingerprint density at radius 2 is 1.95 bits per heavy atom. The summed E-state index contributed by atoms with van der Waals surface area (Å²) in [6.07, 6.45) is 3.72. The highest BCUT2D eigenvalue weighted by atomic mass is 15.3. The second kappa shape index (κ2) is 4.59. The second-order valence-corrected chi connectivity index (χ2v) is 5.11. The third-order valence-electron chi connectivity index (χ3n) is 3.73. The van der Waals surface area contributed by atoms with Crippen LogP contribution in [0.3, 0.4) is 0 Å². The minimum absolute atomic E-state index is 0.704. The third-order valence-corrected chi connectivity index (χ3v) is 3.73. The van der Waals surface area contributed by atoms with Crippen LogP contribution in [0.4, 0.5) is 5.69 Å². The van der Waals surface area contributed by atoms with Crippen LogP contribution in [0.5, 0.6) is 0 Å². The highest BCUT2D eigenvalue weighted by molar-refractivity contribution is 5.83. The number of pyridine rings is 1. The molecule has 2 N–H and O–H groups in total. The number of rotatable bonds is 2. The number of anilines is 1. The second-order valence-electron chi connectivity index (χ2n) is 5.11. The van der Waals surface area contributed by atoms with Crippen LogP contribution in [-0.2, 0) is 6.54 Å². The number of nitrogens with zero attached hydrogens (tertiary/aromatic N) is 3. The first-order chi connectivity index (χ1) is 10.3. The molecule has 0 unspecified atom stereocenters. The number of para-hydroxylation sites is 1. The molecule has 0 saturated carbocycles. The fraction of sp³-hybridized carbons (Fsp3) is 0.0588. The van der Waals surface area contributed by atoms with Gasteiger partial charge in [0.1, 0.15) is 0 Å². The van der Waals surface area contributed by atoms with E-state index in [2.05, 4.69) is 16.1 Å². The lowest BCUT2D eigenvalue weighted by Crippen LogP contribution is -2.02. The van der Waals surface area contributed by atoms with Crippen molar-refractivity contribution in [2.45, 2.75) is 6.54 Å². The zero-order chi connectivity index (χ0) is 14.2. The molecular weight excluding hydrogens is 260 g/mol. The van der Waals surface area contributed by atoms with E-state index in [4.69, 9.17) is 5.73 Å². The van der Waals surface area contributed by atoms with E-state index < -0.39 is 0 Å². The lowest BCUT2D eigenvalue weighted by Gasteiger charge is -2.07. The number of fused-ring (bicyclic) bond motifs is 2. The first kappa shape index (κ1) is 11.9. The van der Waals surface area contributed by atoms with E-state index in [1.165, 1.54) is 5.56 Å². The highest BCUT2D eigenvalue weighted by Gasteiger charge is 2.06. The Balaban J connectivity index is 1.85. The molecule has 0 amide bonds. The lowest BCUT2D eigenvalue weighted by molar-refractivity contribution is 0.715. The molecule has 0 aliphatic rings. The summed E-state index contributed by atoms with van der Waals surface area (Å²) in [7, 11) is 0. The third kappa shape index (κ3) is 2.01. The van der Waals surface area contributed by atoms with Gasteiger partial charge in [0, 0.05) is 22.7 Å². The molecule has 0 spiro atoms. The molecule has 0 atom stereocenters. The first-order valence-corrected chi connectivity index (χ1v) is 6.85. The Hall–Kier alpha value is -2.88. The molecule has 2 aromatic heterocycles. The van der Waals surface area contributed by atoms with E-state index >= 15 is 0 Å². The molecule has 0 aliphatic carbocycles. The largest absolute Gasteiger partial charge is 0.399 e. The summed E-state index contributed by atoms with van der Waals surface area (Å²) in [5.41, 5.74) is 9.90.